The Morgan fingerprint density at radius 3 is 2.61 bits per heavy atom. The molecule has 1 unspecified atom stereocenters. The molecule has 4 aromatic rings. The molecule has 2 heterocycles. The van der Waals surface area contributed by atoms with E-state index in [4.69, 9.17) is 18.6 Å². The molecule has 3 aromatic carbocycles. The van der Waals surface area contributed by atoms with Gasteiger partial charge in [0.25, 0.3) is 5.91 Å². The molecule has 194 valence electrons. The van der Waals surface area contributed by atoms with Crippen LogP contribution in [-0.2, 0) is 6.42 Å². The fourth-order valence-corrected chi connectivity index (χ4v) is 4.79. The normalized spacial score (nSPS) is 14.4. The predicted molar refractivity (Wildman–Crippen MR) is 141 cm³/mol. The first kappa shape index (κ1) is 25.1. The Labute approximate surface area is 218 Å². The first-order chi connectivity index (χ1) is 18.4. The van der Waals surface area contributed by atoms with Crippen molar-refractivity contribution < 1.29 is 27.8 Å². The Balaban J connectivity index is 1.59. The molecule has 1 aliphatic rings. The number of halogens is 1. The lowest BCUT2D eigenvalue weighted by Gasteiger charge is -2.25. The van der Waals surface area contributed by atoms with Gasteiger partial charge in [-0.3, -0.25) is 9.59 Å². The molecule has 0 bridgehead atoms. The molecule has 0 saturated heterocycles. The molecule has 0 fully saturated rings. The van der Waals surface area contributed by atoms with Gasteiger partial charge in [-0.25, -0.2) is 4.39 Å². The molecule has 38 heavy (non-hydrogen) atoms. The van der Waals surface area contributed by atoms with Crippen molar-refractivity contribution in [2.75, 3.05) is 27.4 Å². The molecule has 7 nitrogen and oxygen atoms in total. The van der Waals surface area contributed by atoms with Gasteiger partial charge in [0.2, 0.25) is 5.76 Å². The highest BCUT2D eigenvalue weighted by Crippen LogP contribution is 2.39. The first-order valence-electron chi connectivity index (χ1n) is 12.1. The minimum Gasteiger partial charge on any atom is -0.493 e. The maximum atomic E-state index is 14.0. The Bertz CT molecular complexity index is 1590. The number of ether oxygens (including phenoxy) is 3. The van der Waals surface area contributed by atoms with Gasteiger partial charge in [0, 0.05) is 6.54 Å². The lowest BCUT2D eigenvalue weighted by molar-refractivity contribution is 0.0730. The van der Waals surface area contributed by atoms with Crippen molar-refractivity contribution in [3.8, 4) is 17.2 Å². The van der Waals surface area contributed by atoms with Crippen LogP contribution in [0.3, 0.4) is 0 Å². The van der Waals surface area contributed by atoms with Gasteiger partial charge in [0.15, 0.2) is 16.9 Å². The SMILES string of the molecule is C=CCOc1cccc(C2c3c(oc4ccc(F)cc4c3=O)C(=O)N2CCc2ccc(OC)c(OC)c2)c1. The summed E-state index contributed by atoms with van der Waals surface area (Å²) in [4.78, 5) is 28.9. The van der Waals surface area contributed by atoms with Gasteiger partial charge >= 0.3 is 0 Å². The minimum atomic E-state index is -0.742. The van der Waals surface area contributed by atoms with E-state index in [2.05, 4.69) is 6.58 Å². The van der Waals surface area contributed by atoms with Gasteiger partial charge in [-0.1, -0.05) is 30.9 Å². The summed E-state index contributed by atoms with van der Waals surface area (Å²) in [7, 11) is 3.12. The molecule has 5 rings (SSSR count). The number of nitrogens with zero attached hydrogens (tertiary/aromatic N) is 1. The standard InChI is InChI=1S/C30H26FNO6/c1-4-14-37-21-7-5-6-19(16-21)27-26-28(33)22-17-20(31)9-11-23(22)38-29(26)30(34)32(27)13-12-18-8-10-24(35-2)25(15-18)36-3/h4-11,15-17,27H,1,12-14H2,2-3H3. The van der Waals surface area contributed by atoms with Crippen LogP contribution in [0.5, 0.6) is 17.2 Å². The Morgan fingerprint density at radius 2 is 1.84 bits per heavy atom. The van der Waals surface area contributed by atoms with Gasteiger partial charge < -0.3 is 23.5 Å². The zero-order chi connectivity index (χ0) is 26.8. The first-order valence-corrected chi connectivity index (χ1v) is 12.1. The average molecular weight is 516 g/mol. The lowest BCUT2D eigenvalue weighted by Crippen LogP contribution is -2.31. The van der Waals surface area contributed by atoms with Crippen molar-refractivity contribution in [1.29, 1.82) is 0 Å². The highest BCUT2D eigenvalue weighted by atomic mass is 19.1. The van der Waals surface area contributed by atoms with Crippen molar-refractivity contribution in [2.45, 2.75) is 12.5 Å². The van der Waals surface area contributed by atoms with Crippen LogP contribution in [-0.4, -0.2) is 38.2 Å². The summed E-state index contributed by atoms with van der Waals surface area (Å²) in [5.74, 6) is 0.740. The number of benzene rings is 3. The quantitative estimate of drug-likeness (QED) is 0.282. The van der Waals surface area contributed by atoms with Crippen molar-refractivity contribution in [1.82, 2.24) is 4.90 Å². The van der Waals surface area contributed by atoms with E-state index in [-0.39, 0.29) is 28.8 Å². The number of rotatable bonds is 9. The zero-order valence-electron chi connectivity index (χ0n) is 21.0. The summed E-state index contributed by atoms with van der Waals surface area (Å²) in [6.45, 7) is 4.26. The highest BCUT2D eigenvalue weighted by molar-refractivity contribution is 5.99. The van der Waals surface area contributed by atoms with Crippen LogP contribution in [0, 0.1) is 5.82 Å². The van der Waals surface area contributed by atoms with E-state index in [1.807, 2.05) is 18.2 Å². The van der Waals surface area contributed by atoms with Gasteiger partial charge in [-0.2, -0.15) is 0 Å². The second-order valence-electron chi connectivity index (χ2n) is 8.83. The van der Waals surface area contributed by atoms with E-state index in [1.54, 1.807) is 49.5 Å². The molecule has 0 spiro atoms. The second kappa shape index (κ2) is 10.4. The lowest BCUT2D eigenvalue weighted by atomic mass is 9.98. The van der Waals surface area contributed by atoms with Crippen LogP contribution in [0.1, 0.15) is 33.3 Å². The second-order valence-corrected chi connectivity index (χ2v) is 8.83. The van der Waals surface area contributed by atoms with Crippen LogP contribution in [0.25, 0.3) is 11.0 Å². The van der Waals surface area contributed by atoms with E-state index >= 15 is 0 Å². The van der Waals surface area contributed by atoms with Crippen LogP contribution >= 0.6 is 0 Å². The monoisotopic (exact) mass is 515 g/mol. The number of methoxy groups -OCH3 is 2. The maximum absolute atomic E-state index is 14.0. The van der Waals surface area contributed by atoms with Gasteiger partial charge in [0.05, 0.1) is 31.2 Å². The third-order valence-corrected chi connectivity index (χ3v) is 6.56. The number of carbonyl (C=O) groups excluding carboxylic acids is 1. The fourth-order valence-electron chi connectivity index (χ4n) is 4.79. The third kappa shape index (κ3) is 4.49. The van der Waals surface area contributed by atoms with Gasteiger partial charge in [0.1, 0.15) is 23.8 Å². The van der Waals surface area contributed by atoms with Gasteiger partial charge in [-0.15, -0.1) is 0 Å². The van der Waals surface area contributed by atoms with E-state index in [1.165, 1.54) is 12.1 Å². The molecule has 0 N–H and O–H groups in total. The molecule has 1 amide bonds. The van der Waals surface area contributed by atoms with Crippen molar-refractivity contribution >= 4 is 16.9 Å². The Hall–Kier alpha value is -4.59. The molecule has 0 aliphatic carbocycles. The summed E-state index contributed by atoms with van der Waals surface area (Å²) >= 11 is 0. The number of hydrogen-bond donors (Lipinski definition) is 0. The van der Waals surface area contributed by atoms with Crippen LogP contribution < -0.4 is 19.6 Å². The fraction of sp³-hybridized carbons (Fsp3) is 0.200. The Morgan fingerprint density at radius 1 is 1.03 bits per heavy atom. The average Bonchev–Trinajstić information content (AvgIpc) is 3.22. The molecule has 8 heteroatoms. The number of carbonyl (C=O) groups is 1. The van der Waals surface area contributed by atoms with Crippen molar-refractivity contribution in [2.24, 2.45) is 0 Å². The van der Waals surface area contributed by atoms with E-state index in [9.17, 15) is 14.0 Å². The topological polar surface area (TPSA) is 78.2 Å². The van der Waals surface area contributed by atoms with Crippen LogP contribution in [0.4, 0.5) is 4.39 Å². The number of amides is 1. The number of fused-ring (bicyclic) bond motifs is 2. The molecular weight excluding hydrogens is 489 g/mol. The molecular formula is C30H26FNO6. The summed E-state index contributed by atoms with van der Waals surface area (Å²) in [6, 6.07) is 15.7. The summed E-state index contributed by atoms with van der Waals surface area (Å²) in [5, 5.41) is 0.0855. The highest BCUT2D eigenvalue weighted by Gasteiger charge is 2.42. The largest absolute Gasteiger partial charge is 0.493 e. The maximum Gasteiger partial charge on any atom is 0.290 e. The summed E-state index contributed by atoms with van der Waals surface area (Å²) < 4.78 is 36.4. The molecule has 0 saturated carbocycles. The van der Waals surface area contributed by atoms with Crippen LogP contribution in [0.15, 0.2) is 82.5 Å². The van der Waals surface area contributed by atoms with E-state index < -0.39 is 23.2 Å². The summed E-state index contributed by atoms with van der Waals surface area (Å²) in [5.41, 5.74) is 1.49. The predicted octanol–water partition coefficient (Wildman–Crippen LogP) is 5.30. The van der Waals surface area contributed by atoms with Crippen LogP contribution in [0.2, 0.25) is 0 Å². The van der Waals surface area contributed by atoms with E-state index in [0.717, 1.165) is 11.6 Å². The smallest absolute Gasteiger partial charge is 0.290 e. The summed E-state index contributed by atoms with van der Waals surface area (Å²) in [6.07, 6.45) is 2.11. The van der Waals surface area contributed by atoms with Crippen molar-refractivity contribution in [3.05, 3.63) is 112 Å². The minimum absolute atomic E-state index is 0.0381. The molecule has 1 aliphatic heterocycles. The molecule has 1 atom stereocenters. The van der Waals surface area contributed by atoms with Gasteiger partial charge in [-0.05, 0) is 60.0 Å². The molecule has 0 radical (unpaired) electrons. The molecule has 1 aromatic heterocycles. The van der Waals surface area contributed by atoms with Crippen molar-refractivity contribution in [3.63, 3.8) is 0 Å². The zero-order valence-corrected chi connectivity index (χ0v) is 21.0. The third-order valence-electron chi connectivity index (χ3n) is 6.56. The van der Waals surface area contributed by atoms with E-state index in [0.29, 0.717) is 35.8 Å². The number of hydrogen-bond acceptors (Lipinski definition) is 6. The Kier molecular flexibility index (Phi) is 6.87.